The average molecular weight is 615 g/mol. The molecule has 46 heavy (non-hydrogen) atoms. The largest absolute Gasteiger partial charge is 0.252 e. The number of thioether (sulfide) groups is 1. The van der Waals surface area contributed by atoms with Crippen LogP contribution in [0.5, 0.6) is 0 Å². The number of allylic oxidation sites excluding steroid dienone is 4. The van der Waals surface area contributed by atoms with E-state index in [-0.39, 0.29) is 0 Å². The van der Waals surface area contributed by atoms with Crippen molar-refractivity contribution in [2.24, 2.45) is 9.98 Å². The Morgan fingerprint density at radius 1 is 0.522 bits per heavy atom. The fourth-order valence-corrected chi connectivity index (χ4v) is 5.91. The summed E-state index contributed by atoms with van der Waals surface area (Å²) in [5.41, 5.74) is 11.8. The highest BCUT2D eigenvalue weighted by molar-refractivity contribution is 8.03. The molecule has 0 aromatic heterocycles. The fraction of sp³-hybridized carbons (Fsp3) is 0.0698. The number of nitrogens with zero attached hydrogens (tertiary/aromatic N) is 2. The Hall–Kier alpha value is -5.25. The van der Waals surface area contributed by atoms with E-state index in [1.165, 1.54) is 11.1 Å². The van der Waals surface area contributed by atoms with Gasteiger partial charge in [-0.3, -0.25) is 4.99 Å². The molecule has 0 fully saturated rings. The van der Waals surface area contributed by atoms with Crippen LogP contribution >= 0.6 is 11.8 Å². The summed E-state index contributed by atoms with van der Waals surface area (Å²) < 4.78 is 0. The van der Waals surface area contributed by atoms with E-state index < -0.39 is 0 Å². The van der Waals surface area contributed by atoms with E-state index >= 15 is 0 Å². The maximum absolute atomic E-state index is 5.15. The zero-order valence-corrected chi connectivity index (χ0v) is 27.5. The lowest BCUT2D eigenvalue weighted by molar-refractivity contribution is 1.46. The van der Waals surface area contributed by atoms with Crippen LogP contribution in [0.15, 0.2) is 180 Å². The van der Waals surface area contributed by atoms with Crippen molar-refractivity contribution in [3.05, 3.63) is 203 Å². The van der Waals surface area contributed by atoms with Crippen molar-refractivity contribution in [1.29, 1.82) is 0 Å². The first-order valence-corrected chi connectivity index (χ1v) is 16.5. The molecule has 0 aliphatic rings. The van der Waals surface area contributed by atoms with E-state index in [2.05, 4.69) is 112 Å². The Labute approximate surface area is 278 Å². The van der Waals surface area contributed by atoms with Gasteiger partial charge in [0, 0.05) is 21.7 Å². The summed E-state index contributed by atoms with van der Waals surface area (Å²) in [6.45, 7) is 12.9. The van der Waals surface area contributed by atoms with Crippen LogP contribution in [0.2, 0.25) is 0 Å². The molecule has 0 N–H and O–H groups in total. The third-order valence-corrected chi connectivity index (χ3v) is 8.62. The van der Waals surface area contributed by atoms with Gasteiger partial charge in [-0.25, -0.2) is 4.99 Å². The molecule has 0 spiro atoms. The van der Waals surface area contributed by atoms with Crippen LogP contribution in [0, 0.1) is 0 Å². The first-order valence-electron chi connectivity index (χ1n) is 15.3. The zero-order chi connectivity index (χ0) is 32.3. The quantitative estimate of drug-likeness (QED) is 0.107. The minimum absolute atomic E-state index is 0.723. The monoisotopic (exact) mass is 614 g/mol. The summed E-state index contributed by atoms with van der Waals surface area (Å²) in [5, 5.41) is 0. The van der Waals surface area contributed by atoms with Crippen LogP contribution < -0.4 is 0 Å². The van der Waals surface area contributed by atoms with Gasteiger partial charge in [-0.05, 0) is 59.6 Å². The van der Waals surface area contributed by atoms with Crippen molar-refractivity contribution >= 4 is 45.7 Å². The number of benzene rings is 5. The molecule has 5 aromatic rings. The van der Waals surface area contributed by atoms with E-state index in [1.54, 1.807) is 11.8 Å². The minimum Gasteiger partial charge on any atom is -0.252 e. The first kappa shape index (κ1) is 32.2. The van der Waals surface area contributed by atoms with Crippen molar-refractivity contribution in [3.8, 4) is 0 Å². The second kappa shape index (κ2) is 15.7. The van der Waals surface area contributed by atoms with Crippen LogP contribution in [0.3, 0.4) is 0 Å². The predicted octanol–water partition coefficient (Wildman–Crippen LogP) is 11.5. The summed E-state index contributed by atoms with van der Waals surface area (Å²) in [5.74, 6) is 0. The summed E-state index contributed by atoms with van der Waals surface area (Å²) in [6, 6.07) is 49.6. The minimum atomic E-state index is 0.723. The molecule has 0 radical (unpaired) electrons. The first-order chi connectivity index (χ1) is 22.4. The molecule has 2 nitrogen and oxygen atoms in total. The van der Waals surface area contributed by atoms with E-state index in [0.717, 1.165) is 61.1 Å². The van der Waals surface area contributed by atoms with E-state index in [4.69, 9.17) is 9.98 Å². The van der Waals surface area contributed by atoms with Crippen molar-refractivity contribution in [2.75, 3.05) is 6.26 Å². The molecule has 0 bridgehead atoms. The van der Waals surface area contributed by atoms with Crippen molar-refractivity contribution in [3.63, 3.8) is 0 Å². The Balaban J connectivity index is 1.55. The molecule has 0 aliphatic carbocycles. The molecule has 0 atom stereocenters. The molecule has 0 heterocycles. The highest BCUT2D eigenvalue weighted by Gasteiger charge is 2.16. The van der Waals surface area contributed by atoms with Crippen LogP contribution in [-0.4, -0.2) is 17.7 Å². The second-order valence-electron chi connectivity index (χ2n) is 10.9. The standard InChI is InChI=1S/C43H38N2S/c1-31(35-18-10-6-11-19-35)30-41(39-24-16-9-17-25-39)44-33(3)38-26-28-40(29-27-38)42(45-34(4)37-22-14-8-15-23-37)43(46-5)32(2)36-20-12-7-13-21-36/h6-30H,1,4H2,2-3,5H3/b41-30-,43-32-,44-33?,45-42?. The van der Waals surface area contributed by atoms with Gasteiger partial charge in [-0.2, -0.15) is 0 Å². The van der Waals surface area contributed by atoms with Crippen LogP contribution in [0.4, 0.5) is 0 Å². The zero-order valence-electron chi connectivity index (χ0n) is 26.7. The van der Waals surface area contributed by atoms with Crippen molar-refractivity contribution < 1.29 is 0 Å². The molecule has 0 amide bonds. The van der Waals surface area contributed by atoms with Gasteiger partial charge in [0.15, 0.2) is 0 Å². The molecule has 0 aliphatic heterocycles. The number of hydrogen-bond acceptors (Lipinski definition) is 3. The summed E-state index contributed by atoms with van der Waals surface area (Å²) in [7, 11) is 0. The Bertz CT molecular complexity index is 1910. The smallest absolute Gasteiger partial charge is 0.0847 e. The van der Waals surface area contributed by atoms with Crippen LogP contribution in [-0.2, 0) is 0 Å². The molecule has 3 heteroatoms. The Kier molecular flexibility index (Phi) is 10.9. The summed E-state index contributed by atoms with van der Waals surface area (Å²) in [4.78, 5) is 11.4. The lowest BCUT2D eigenvalue weighted by Crippen LogP contribution is -2.07. The third kappa shape index (κ3) is 8.06. The summed E-state index contributed by atoms with van der Waals surface area (Å²) in [6.07, 6.45) is 4.17. The average Bonchev–Trinajstić information content (AvgIpc) is 3.12. The highest BCUT2D eigenvalue weighted by atomic mass is 32.2. The number of rotatable bonds is 11. The molecule has 0 saturated heterocycles. The molecule has 5 aromatic carbocycles. The van der Waals surface area contributed by atoms with Gasteiger partial charge < -0.3 is 0 Å². The molecule has 5 rings (SSSR count). The third-order valence-electron chi connectivity index (χ3n) is 7.71. The molecule has 0 unspecified atom stereocenters. The lowest BCUT2D eigenvalue weighted by atomic mass is 10.00. The maximum atomic E-state index is 5.15. The Morgan fingerprint density at radius 3 is 1.50 bits per heavy atom. The van der Waals surface area contributed by atoms with Gasteiger partial charge in [-0.15, -0.1) is 11.8 Å². The van der Waals surface area contributed by atoms with Crippen LogP contribution in [0.25, 0.3) is 22.5 Å². The van der Waals surface area contributed by atoms with Crippen molar-refractivity contribution in [1.82, 2.24) is 0 Å². The van der Waals surface area contributed by atoms with Gasteiger partial charge in [0.2, 0.25) is 0 Å². The van der Waals surface area contributed by atoms with Gasteiger partial charge in [-0.1, -0.05) is 159 Å². The molecule has 0 saturated carbocycles. The van der Waals surface area contributed by atoms with Crippen LogP contribution in [0.1, 0.15) is 47.2 Å². The summed E-state index contributed by atoms with van der Waals surface area (Å²) >= 11 is 1.70. The molecular weight excluding hydrogens is 577 g/mol. The Morgan fingerprint density at radius 2 is 0.978 bits per heavy atom. The lowest BCUT2D eigenvalue weighted by Gasteiger charge is -2.16. The molecular formula is C43H38N2S. The van der Waals surface area contributed by atoms with Gasteiger partial charge in [0.05, 0.1) is 17.1 Å². The predicted molar refractivity (Wildman–Crippen MR) is 203 cm³/mol. The molecule has 226 valence electrons. The highest BCUT2D eigenvalue weighted by Crippen LogP contribution is 2.31. The van der Waals surface area contributed by atoms with Gasteiger partial charge in [0.1, 0.15) is 0 Å². The fourth-order valence-electron chi connectivity index (χ4n) is 5.13. The second-order valence-corrected chi connectivity index (χ2v) is 11.7. The van der Waals surface area contributed by atoms with Crippen molar-refractivity contribution in [2.45, 2.75) is 13.8 Å². The number of aliphatic imine (C=N–C) groups is 2. The normalized spacial score (nSPS) is 12.8. The SMILES string of the molecule is C=C(/C=C(\N=C(C)c1ccc(C(=NC(=C)c2ccccc2)/C(SC)=C(\C)c2ccccc2)cc1)c1ccccc1)c1ccccc1. The number of hydrogen-bond donors (Lipinski definition) is 0. The maximum Gasteiger partial charge on any atom is 0.0847 e. The van der Waals surface area contributed by atoms with E-state index in [9.17, 15) is 0 Å². The van der Waals surface area contributed by atoms with Gasteiger partial charge >= 0.3 is 0 Å². The topological polar surface area (TPSA) is 24.7 Å². The van der Waals surface area contributed by atoms with E-state index in [1.807, 2.05) is 72.8 Å². The van der Waals surface area contributed by atoms with Gasteiger partial charge in [0.25, 0.3) is 0 Å². The van der Waals surface area contributed by atoms with E-state index in [0.29, 0.717) is 0 Å².